The van der Waals surface area contributed by atoms with Crippen molar-refractivity contribution in [1.29, 1.82) is 0 Å². The zero-order valence-electron chi connectivity index (χ0n) is 9.18. The number of hydrogen-bond acceptors (Lipinski definition) is 0. The highest BCUT2D eigenvalue weighted by atomic mass is 79.9. The van der Waals surface area contributed by atoms with E-state index in [1.54, 1.807) is 0 Å². The fourth-order valence-corrected chi connectivity index (χ4v) is 2.15. The number of halogens is 2. The highest BCUT2D eigenvalue weighted by molar-refractivity contribution is 9.10. The van der Waals surface area contributed by atoms with Gasteiger partial charge in [0.15, 0.2) is 0 Å². The fourth-order valence-electron chi connectivity index (χ4n) is 1.59. The highest BCUT2D eigenvalue weighted by Crippen LogP contribution is 2.27. The lowest BCUT2D eigenvalue weighted by Crippen LogP contribution is -1.90. The third-order valence-corrected chi connectivity index (χ3v) is 3.54. The van der Waals surface area contributed by atoms with E-state index in [4.69, 9.17) is 11.6 Å². The van der Waals surface area contributed by atoms with E-state index < -0.39 is 0 Å². The van der Waals surface area contributed by atoms with Gasteiger partial charge in [0.2, 0.25) is 0 Å². The second-order valence-corrected chi connectivity index (χ2v) is 5.31. The minimum atomic E-state index is 0.176. The molecule has 1 rings (SSSR count). The summed E-state index contributed by atoms with van der Waals surface area (Å²) in [7, 11) is 0. The van der Waals surface area contributed by atoms with Gasteiger partial charge in [-0.2, -0.15) is 0 Å². The molecule has 1 atom stereocenters. The van der Waals surface area contributed by atoms with E-state index >= 15 is 0 Å². The van der Waals surface area contributed by atoms with Crippen molar-refractivity contribution in [2.45, 2.75) is 44.4 Å². The minimum absolute atomic E-state index is 0.176. The molecular weight excluding hydrogens is 272 g/mol. The van der Waals surface area contributed by atoms with Crippen LogP contribution in [0.3, 0.4) is 0 Å². The lowest BCUT2D eigenvalue weighted by Gasteiger charge is -2.09. The minimum Gasteiger partial charge on any atom is -0.118 e. The molecule has 0 spiro atoms. The monoisotopic (exact) mass is 288 g/mol. The van der Waals surface area contributed by atoms with Gasteiger partial charge in [0.1, 0.15) is 0 Å². The van der Waals surface area contributed by atoms with Crippen molar-refractivity contribution in [2.75, 3.05) is 0 Å². The number of rotatable bonds is 6. The van der Waals surface area contributed by atoms with E-state index in [1.165, 1.54) is 31.2 Å². The number of unbranched alkanes of at least 4 members (excludes halogenated alkanes) is 3. The molecule has 0 fully saturated rings. The molecule has 0 bridgehead atoms. The van der Waals surface area contributed by atoms with Crippen LogP contribution < -0.4 is 0 Å². The van der Waals surface area contributed by atoms with Crippen LogP contribution in [-0.2, 0) is 0 Å². The zero-order chi connectivity index (χ0) is 11.1. The van der Waals surface area contributed by atoms with Gasteiger partial charge in [-0.25, -0.2) is 0 Å². The summed E-state index contributed by atoms with van der Waals surface area (Å²) in [5, 5.41) is 0.176. The zero-order valence-corrected chi connectivity index (χ0v) is 11.5. The third-order valence-electron chi connectivity index (χ3n) is 2.54. The second kappa shape index (κ2) is 7.29. The lowest BCUT2D eigenvalue weighted by atomic mass is 10.1. The molecule has 2 heteroatoms. The van der Waals surface area contributed by atoms with Crippen LogP contribution in [0.5, 0.6) is 0 Å². The Balaban J connectivity index is 2.33. The summed E-state index contributed by atoms with van der Waals surface area (Å²) in [6.07, 6.45) is 6.23. The Bertz CT molecular complexity index is 268. The molecule has 0 aliphatic carbocycles. The Morgan fingerprint density at radius 1 is 1.13 bits per heavy atom. The molecule has 0 aliphatic heterocycles. The van der Waals surface area contributed by atoms with Crippen molar-refractivity contribution in [2.24, 2.45) is 0 Å². The highest BCUT2D eigenvalue weighted by Gasteiger charge is 2.06. The summed E-state index contributed by atoms with van der Waals surface area (Å²) >= 11 is 9.75. The molecule has 1 aromatic carbocycles. The van der Waals surface area contributed by atoms with E-state index in [9.17, 15) is 0 Å². The van der Waals surface area contributed by atoms with Gasteiger partial charge in [-0.05, 0) is 24.1 Å². The van der Waals surface area contributed by atoms with E-state index in [-0.39, 0.29) is 5.38 Å². The third kappa shape index (κ3) is 5.03. The van der Waals surface area contributed by atoms with Crippen molar-refractivity contribution in [1.82, 2.24) is 0 Å². The molecule has 0 amide bonds. The summed E-state index contributed by atoms with van der Waals surface area (Å²) in [5.41, 5.74) is 1.23. The largest absolute Gasteiger partial charge is 0.118 e. The molecule has 0 nitrogen and oxygen atoms in total. The fraction of sp³-hybridized carbons (Fsp3) is 0.538. The van der Waals surface area contributed by atoms with Crippen LogP contribution in [-0.4, -0.2) is 0 Å². The summed E-state index contributed by atoms with van der Waals surface area (Å²) < 4.78 is 1.11. The predicted octanol–water partition coefficient (Wildman–Crippen LogP) is 5.70. The van der Waals surface area contributed by atoms with Crippen LogP contribution in [0.2, 0.25) is 0 Å². The van der Waals surface area contributed by atoms with Gasteiger partial charge in [0, 0.05) is 4.47 Å². The van der Waals surface area contributed by atoms with E-state index in [1.807, 2.05) is 0 Å². The van der Waals surface area contributed by atoms with E-state index in [2.05, 4.69) is 47.1 Å². The molecule has 0 aliphatic rings. The molecule has 0 aromatic heterocycles. The van der Waals surface area contributed by atoms with Crippen LogP contribution >= 0.6 is 27.5 Å². The molecule has 0 heterocycles. The number of alkyl halides is 1. The Kier molecular flexibility index (Phi) is 6.35. The molecule has 1 aromatic rings. The van der Waals surface area contributed by atoms with Crippen LogP contribution in [0.15, 0.2) is 28.7 Å². The molecule has 15 heavy (non-hydrogen) atoms. The topological polar surface area (TPSA) is 0 Å². The van der Waals surface area contributed by atoms with Crippen molar-refractivity contribution in [3.8, 4) is 0 Å². The predicted molar refractivity (Wildman–Crippen MR) is 71.5 cm³/mol. The summed E-state index contributed by atoms with van der Waals surface area (Å²) in [4.78, 5) is 0. The quantitative estimate of drug-likeness (QED) is 0.465. The van der Waals surface area contributed by atoms with E-state index in [0.717, 1.165) is 10.9 Å². The Hall–Kier alpha value is -0.0100. The normalized spacial score (nSPS) is 12.7. The van der Waals surface area contributed by atoms with Gasteiger partial charge in [0.05, 0.1) is 5.38 Å². The van der Waals surface area contributed by atoms with Crippen molar-refractivity contribution in [3.63, 3.8) is 0 Å². The van der Waals surface area contributed by atoms with Gasteiger partial charge >= 0.3 is 0 Å². The molecule has 0 saturated carbocycles. The maximum atomic E-state index is 6.32. The summed E-state index contributed by atoms with van der Waals surface area (Å²) in [6.45, 7) is 2.23. The van der Waals surface area contributed by atoms with Gasteiger partial charge in [-0.1, -0.05) is 60.7 Å². The van der Waals surface area contributed by atoms with Gasteiger partial charge in [-0.15, -0.1) is 11.6 Å². The Morgan fingerprint density at radius 2 is 1.80 bits per heavy atom. The first-order valence-corrected chi connectivity index (χ1v) is 6.86. The van der Waals surface area contributed by atoms with Crippen LogP contribution in [0.25, 0.3) is 0 Å². The van der Waals surface area contributed by atoms with Crippen molar-refractivity contribution < 1.29 is 0 Å². The first-order chi connectivity index (χ1) is 7.24. The Labute approximate surface area is 106 Å². The van der Waals surface area contributed by atoms with Crippen LogP contribution in [0.4, 0.5) is 0 Å². The molecule has 0 saturated heterocycles. The van der Waals surface area contributed by atoms with Crippen LogP contribution in [0, 0.1) is 0 Å². The van der Waals surface area contributed by atoms with E-state index in [0.29, 0.717) is 0 Å². The molecule has 1 unspecified atom stereocenters. The van der Waals surface area contributed by atoms with Gasteiger partial charge in [0.25, 0.3) is 0 Å². The second-order valence-electron chi connectivity index (χ2n) is 3.87. The standard InChI is InChI=1S/C13H18BrCl/c1-2-3-4-5-6-13(15)11-7-9-12(14)10-8-11/h7-10,13H,2-6H2,1H3. The average Bonchev–Trinajstić information content (AvgIpc) is 2.25. The average molecular weight is 290 g/mol. The van der Waals surface area contributed by atoms with Crippen LogP contribution in [0.1, 0.15) is 50.0 Å². The molecular formula is C13H18BrCl. The van der Waals surface area contributed by atoms with Gasteiger partial charge in [-0.3, -0.25) is 0 Å². The van der Waals surface area contributed by atoms with Crippen molar-refractivity contribution in [3.05, 3.63) is 34.3 Å². The SMILES string of the molecule is CCCCCCC(Cl)c1ccc(Br)cc1. The Morgan fingerprint density at radius 3 is 2.40 bits per heavy atom. The first kappa shape index (κ1) is 13.1. The molecule has 0 radical (unpaired) electrons. The number of hydrogen-bond donors (Lipinski definition) is 0. The maximum Gasteiger partial charge on any atom is 0.0585 e. The summed E-state index contributed by atoms with van der Waals surface area (Å²) in [6, 6.07) is 8.30. The van der Waals surface area contributed by atoms with Crippen molar-refractivity contribution >= 4 is 27.5 Å². The smallest absolute Gasteiger partial charge is 0.0585 e. The van der Waals surface area contributed by atoms with Gasteiger partial charge < -0.3 is 0 Å². The molecule has 84 valence electrons. The first-order valence-electron chi connectivity index (χ1n) is 5.63. The lowest BCUT2D eigenvalue weighted by molar-refractivity contribution is 0.624. The number of benzene rings is 1. The molecule has 0 N–H and O–H groups in total. The summed E-state index contributed by atoms with van der Waals surface area (Å²) in [5.74, 6) is 0. The maximum absolute atomic E-state index is 6.32.